The number of aliphatic hydroxyl groups excluding tert-OH is 1. The maximum Gasteiger partial charge on any atom is 0.126 e. The summed E-state index contributed by atoms with van der Waals surface area (Å²) in [6.45, 7) is 1.62. The minimum Gasteiger partial charge on any atom is -0.385 e. The first-order valence-corrected chi connectivity index (χ1v) is 8.12. The monoisotopic (exact) mass is 314 g/mol. The van der Waals surface area contributed by atoms with Crippen LogP contribution in [0.15, 0.2) is 60.7 Å². The van der Waals surface area contributed by atoms with Crippen molar-refractivity contribution >= 4 is 0 Å². The molecule has 0 saturated heterocycles. The van der Waals surface area contributed by atoms with Crippen LogP contribution in [0.2, 0.25) is 0 Å². The van der Waals surface area contributed by atoms with Crippen LogP contribution in [0.1, 0.15) is 17.0 Å². The number of aliphatic hydroxyl groups is 1. The van der Waals surface area contributed by atoms with Crippen molar-refractivity contribution in [2.45, 2.75) is 12.0 Å². The third-order valence-electron chi connectivity index (χ3n) is 3.76. The molecule has 0 aliphatic rings. The first-order chi connectivity index (χ1) is 11.0. The van der Waals surface area contributed by atoms with Gasteiger partial charge in [-0.2, -0.15) is 0 Å². The van der Waals surface area contributed by atoms with Gasteiger partial charge in [-0.3, -0.25) is 0 Å². The smallest absolute Gasteiger partial charge is 0.126 e. The van der Waals surface area contributed by atoms with E-state index >= 15 is 0 Å². The molecular weight excluding hydrogens is 286 g/mol. The summed E-state index contributed by atoms with van der Waals surface area (Å²) < 4.78 is 6.58. The second-order valence-electron chi connectivity index (χ2n) is 7.04. The maximum atomic E-state index is 10.1. The molecule has 2 aromatic rings. The number of likely N-dealkylation sites (N-methyl/N-ethyl adjacent to an activating group) is 1. The fourth-order valence-corrected chi connectivity index (χ4v) is 2.76. The molecular formula is C20H28NO2+. The second kappa shape index (κ2) is 8.25. The lowest BCUT2D eigenvalue weighted by Crippen LogP contribution is -2.43. The van der Waals surface area contributed by atoms with Crippen LogP contribution < -0.4 is 0 Å². The quantitative estimate of drug-likeness (QED) is 0.759. The zero-order chi connectivity index (χ0) is 16.7. The molecule has 0 spiro atoms. The summed E-state index contributed by atoms with van der Waals surface area (Å²) in [4.78, 5) is 0. The van der Waals surface area contributed by atoms with E-state index in [1.54, 1.807) is 0 Å². The van der Waals surface area contributed by atoms with Gasteiger partial charge in [0.15, 0.2) is 0 Å². The summed E-state index contributed by atoms with van der Waals surface area (Å²) in [6.07, 6.45) is -0.442. The Bertz CT molecular complexity index is 524. The van der Waals surface area contributed by atoms with Crippen molar-refractivity contribution in [3.05, 3.63) is 71.8 Å². The molecule has 0 aliphatic heterocycles. The molecule has 2 aromatic carbocycles. The highest BCUT2D eigenvalue weighted by atomic mass is 16.5. The lowest BCUT2D eigenvalue weighted by atomic mass is 9.92. The number of hydrogen-bond acceptors (Lipinski definition) is 2. The largest absolute Gasteiger partial charge is 0.385 e. The number of quaternary nitrogens is 1. The highest BCUT2D eigenvalue weighted by Crippen LogP contribution is 2.24. The molecule has 0 aromatic heterocycles. The molecule has 1 atom stereocenters. The molecule has 124 valence electrons. The van der Waals surface area contributed by atoms with Crippen molar-refractivity contribution in [1.29, 1.82) is 0 Å². The fourth-order valence-electron chi connectivity index (χ4n) is 2.76. The molecule has 0 heterocycles. The summed E-state index contributed by atoms with van der Waals surface area (Å²) in [7, 11) is 6.21. The van der Waals surface area contributed by atoms with Gasteiger partial charge in [0.05, 0.1) is 34.4 Å². The molecule has 0 unspecified atom stereocenters. The summed E-state index contributed by atoms with van der Waals surface area (Å²) >= 11 is 0. The Balaban J connectivity index is 2.00. The van der Waals surface area contributed by atoms with Crippen molar-refractivity contribution in [3.63, 3.8) is 0 Å². The zero-order valence-corrected chi connectivity index (χ0v) is 14.4. The molecule has 0 aliphatic carbocycles. The molecule has 3 nitrogen and oxygen atoms in total. The van der Waals surface area contributed by atoms with Gasteiger partial charge in [-0.1, -0.05) is 60.7 Å². The Morgan fingerprint density at radius 3 is 1.74 bits per heavy atom. The molecule has 0 radical (unpaired) electrons. The van der Waals surface area contributed by atoms with Crippen molar-refractivity contribution in [1.82, 2.24) is 0 Å². The van der Waals surface area contributed by atoms with E-state index in [-0.39, 0.29) is 5.92 Å². The number of benzene rings is 2. The van der Waals surface area contributed by atoms with Crippen molar-refractivity contribution in [2.24, 2.45) is 0 Å². The Morgan fingerprint density at radius 1 is 0.826 bits per heavy atom. The van der Waals surface area contributed by atoms with Crippen molar-refractivity contribution in [2.75, 3.05) is 40.9 Å². The van der Waals surface area contributed by atoms with E-state index in [0.29, 0.717) is 19.8 Å². The third kappa shape index (κ3) is 6.14. The topological polar surface area (TPSA) is 29.5 Å². The van der Waals surface area contributed by atoms with Gasteiger partial charge in [0.2, 0.25) is 0 Å². The fraction of sp³-hybridized carbons (Fsp3) is 0.400. The Kier molecular flexibility index (Phi) is 6.34. The van der Waals surface area contributed by atoms with Gasteiger partial charge in [0.1, 0.15) is 12.6 Å². The first kappa shape index (κ1) is 17.7. The number of ether oxygens (including phenoxy) is 1. The van der Waals surface area contributed by atoms with E-state index in [1.807, 2.05) is 12.1 Å². The van der Waals surface area contributed by atoms with E-state index in [9.17, 15) is 5.11 Å². The predicted octanol–water partition coefficient (Wildman–Crippen LogP) is 2.90. The highest BCUT2D eigenvalue weighted by molar-refractivity contribution is 5.32. The molecule has 3 heteroatoms. The average Bonchev–Trinajstić information content (AvgIpc) is 2.51. The summed E-state index contributed by atoms with van der Waals surface area (Å²) in [5, 5.41) is 10.1. The van der Waals surface area contributed by atoms with Crippen LogP contribution in [0.25, 0.3) is 0 Å². The normalized spacial score (nSPS) is 13.3. The van der Waals surface area contributed by atoms with Crippen molar-refractivity contribution in [3.8, 4) is 0 Å². The lowest BCUT2D eigenvalue weighted by Gasteiger charge is -2.27. The second-order valence-corrected chi connectivity index (χ2v) is 7.04. The Hall–Kier alpha value is -1.68. The van der Waals surface area contributed by atoms with E-state index in [2.05, 4.69) is 69.7 Å². The van der Waals surface area contributed by atoms with Crippen LogP contribution in [-0.2, 0) is 4.74 Å². The minimum atomic E-state index is -0.442. The summed E-state index contributed by atoms with van der Waals surface area (Å²) in [6, 6.07) is 20.8. The van der Waals surface area contributed by atoms with E-state index in [0.717, 1.165) is 4.48 Å². The van der Waals surface area contributed by atoms with Crippen LogP contribution in [0.4, 0.5) is 0 Å². The molecule has 0 amide bonds. The first-order valence-electron chi connectivity index (χ1n) is 8.12. The van der Waals surface area contributed by atoms with Gasteiger partial charge < -0.3 is 14.3 Å². The number of hydrogen-bond donors (Lipinski definition) is 1. The Labute approximate surface area is 139 Å². The predicted molar refractivity (Wildman–Crippen MR) is 94.5 cm³/mol. The number of nitrogens with zero attached hydrogens (tertiary/aromatic N) is 1. The molecule has 23 heavy (non-hydrogen) atoms. The minimum absolute atomic E-state index is 0.189. The van der Waals surface area contributed by atoms with Crippen LogP contribution in [0.3, 0.4) is 0 Å². The maximum absolute atomic E-state index is 10.1. The zero-order valence-electron chi connectivity index (χ0n) is 14.4. The summed E-state index contributed by atoms with van der Waals surface area (Å²) in [5.74, 6) is 0.189. The van der Waals surface area contributed by atoms with Crippen LogP contribution in [-0.4, -0.2) is 56.6 Å². The highest BCUT2D eigenvalue weighted by Gasteiger charge is 2.18. The standard InChI is InChI=1S/C20H28NO2/c1-21(2,3)14-19(22)15-23-16-20(17-10-6-4-7-11-17)18-12-8-5-9-13-18/h4-13,19-20,22H,14-16H2,1-3H3/q+1/t19-/m0/s1. The summed E-state index contributed by atoms with van der Waals surface area (Å²) in [5.41, 5.74) is 2.47. The van der Waals surface area contributed by atoms with Crippen LogP contribution >= 0.6 is 0 Å². The lowest BCUT2D eigenvalue weighted by molar-refractivity contribution is -0.873. The van der Waals surface area contributed by atoms with Gasteiger partial charge in [0.25, 0.3) is 0 Å². The molecule has 0 fully saturated rings. The SMILES string of the molecule is C[N+](C)(C)C[C@H](O)COCC(c1ccccc1)c1ccccc1. The average molecular weight is 314 g/mol. The third-order valence-corrected chi connectivity index (χ3v) is 3.76. The van der Waals surface area contributed by atoms with Crippen LogP contribution in [0.5, 0.6) is 0 Å². The van der Waals surface area contributed by atoms with Gasteiger partial charge in [-0.05, 0) is 11.1 Å². The van der Waals surface area contributed by atoms with Gasteiger partial charge >= 0.3 is 0 Å². The molecule has 2 rings (SSSR count). The van der Waals surface area contributed by atoms with Gasteiger partial charge in [-0.15, -0.1) is 0 Å². The Morgan fingerprint density at radius 2 is 1.30 bits per heavy atom. The van der Waals surface area contributed by atoms with Crippen molar-refractivity contribution < 1.29 is 14.3 Å². The van der Waals surface area contributed by atoms with Gasteiger partial charge in [0, 0.05) is 5.92 Å². The van der Waals surface area contributed by atoms with E-state index < -0.39 is 6.10 Å². The molecule has 1 N–H and O–H groups in total. The van der Waals surface area contributed by atoms with E-state index in [1.165, 1.54) is 11.1 Å². The molecule has 0 saturated carbocycles. The van der Waals surface area contributed by atoms with Crippen LogP contribution in [0, 0.1) is 0 Å². The van der Waals surface area contributed by atoms with E-state index in [4.69, 9.17) is 4.74 Å². The molecule has 0 bridgehead atoms. The number of rotatable bonds is 8. The van der Waals surface area contributed by atoms with Gasteiger partial charge in [-0.25, -0.2) is 0 Å².